The molecule has 10 atom stereocenters. The number of nitrogens with one attached hydrogen (secondary N) is 4. The van der Waals surface area contributed by atoms with Crippen LogP contribution in [0.3, 0.4) is 0 Å². The molecule has 10 nitrogen and oxygen atoms in total. The van der Waals surface area contributed by atoms with Crippen molar-refractivity contribution in [3.8, 4) is 0 Å². The molecular formula is C51H70N6O4. The van der Waals surface area contributed by atoms with Crippen molar-refractivity contribution in [3.63, 3.8) is 0 Å². The summed E-state index contributed by atoms with van der Waals surface area (Å²) in [4.78, 5) is 51.9. The molecule has 0 spiro atoms. The number of hydrogen-bond acceptors (Lipinski definition) is 6. The molecule has 5 saturated carbocycles. The van der Waals surface area contributed by atoms with Crippen LogP contribution < -0.4 is 16.0 Å². The summed E-state index contributed by atoms with van der Waals surface area (Å²) in [5.74, 6) is 2.11. The van der Waals surface area contributed by atoms with Gasteiger partial charge >= 0.3 is 0 Å². The fraction of sp³-hybridized carbons (Fsp3) is 0.627. The second kappa shape index (κ2) is 16.4. The van der Waals surface area contributed by atoms with E-state index in [0.29, 0.717) is 72.3 Å². The number of pyridine rings is 1. The summed E-state index contributed by atoms with van der Waals surface area (Å²) >= 11 is 0. The van der Waals surface area contributed by atoms with Gasteiger partial charge in [-0.2, -0.15) is 0 Å². The molecular weight excluding hydrogens is 761 g/mol. The Hall–Kier alpha value is -4.31. The van der Waals surface area contributed by atoms with Gasteiger partial charge in [0.1, 0.15) is 0 Å². The third-order valence-electron chi connectivity index (χ3n) is 18.1. The zero-order chi connectivity index (χ0) is 43.4. The number of H-pyrrole nitrogens is 1. The van der Waals surface area contributed by atoms with Gasteiger partial charge < -0.3 is 26.0 Å². The maximum Gasteiger partial charge on any atom is 0.252 e. The Labute approximate surface area is 363 Å². The number of aliphatic hydroxyl groups is 1. The highest BCUT2D eigenvalue weighted by Gasteiger charge is 2.71. The Morgan fingerprint density at radius 2 is 1.59 bits per heavy atom. The van der Waals surface area contributed by atoms with Crippen molar-refractivity contribution in [2.75, 3.05) is 13.1 Å². The molecule has 5 fully saturated rings. The minimum atomic E-state index is -0.382. The molecule has 0 saturated heterocycles. The summed E-state index contributed by atoms with van der Waals surface area (Å²) in [6, 6.07) is 11.1. The first kappa shape index (κ1) is 43.3. The summed E-state index contributed by atoms with van der Waals surface area (Å²) in [7, 11) is 0. The standard InChI is InChI=1S/C51H70N6O4/c1-32(2)38-15-22-51(24-23-49(6)39(43(38)51)13-14-41-48(5)20-17-42(58)47(3,4)40(48)16-21-50(41,49)7)46(61)54-25-18-33-9-8-10-34(27-33)44(59)56-30-36-12-11-35(28-55-36)45(60)53-26-19-37-29-52-31-57-37/h8-12,27-29,31,38-43,58H,1,13-26,30H2,2-7H3,(H,52,57)(H,53,60)(H,54,61)(H,56,59)/t38-,39+,40-,41+,42-,43+,48-,49+,50+,51-/m0/s1. The highest BCUT2D eigenvalue weighted by atomic mass is 16.3. The highest BCUT2D eigenvalue weighted by Crippen LogP contribution is 2.77. The molecule has 328 valence electrons. The number of amides is 3. The predicted molar refractivity (Wildman–Crippen MR) is 238 cm³/mol. The first-order chi connectivity index (χ1) is 29.0. The average molecular weight is 831 g/mol. The molecule has 10 heteroatoms. The van der Waals surface area contributed by atoms with E-state index in [2.05, 4.69) is 79.0 Å². The monoisotopic (exact) mass is 831 g/mol. The number of aromatic nitrogens is 3. The van der Waals surface area contributed by atoms with E-state index >= 15 is 0 Å². The number of carbonyl (C=O) groups is 3. The number of aliphatic hydroxyl groups excluding tert-OH is 1. The van der Waals surface area contributed by atoms with Crippen LogP contribution in [0.15, 0.2) is 67.3 Å². The Morgan fingerprint density at radius 3 is 2.33 bits per heavy atom. The van der Waals surface area contributed by atoms with Crippen LogP contribution in [0.1, 0.15) is 143 Å². The number of hydrogen-bond donors (Lipinski definition) is 5. The number of nitrogens with zero attached hydrogens (tertiary/aromatic N) is 2. The van der Waals surface area contributed by atoms with E-state index in [9.17, 15) is 19.5 Å². The third-order valence-corrected chi connectivity index (χ3v) is 18.1. The topological polar surface area (TPSA) is 149 Å². The maximum atomic E-state index is 14.7. The van der Waals surface area contributed by atoms with E-state index in [1.165, 1.54) is 37.5 Å². The van der Waals surface area contributed by atoms with E-state index in [-0.39, 0.29) is 57.4 Å². The van der Waals surface area contributed by atoms with Crippen LogP contribution in [0, 0.1) is 56.7 Å². The lowest BCUT2D eigenvalue weighted by Gasteiger charge is -2.72. The lowest BCUT2D eigenvalue weighted by molar-refractivity contribution is -0.246. The smallest absolute Gasteiger partial charge is 0.252 e. The molecule has 0 aliphatic heterocycles. The molecule has 5 N–H and O–H groups in total. The van der Waals surface area contributed by atoms with Gasteiger partial charge in [0, 0.05) is 43.2 Å². The van der Waals surface area contributed by atoms with Crippen LogP contribution in [0.4, 0.5) is 0 Å². The molecule has 8 rings (SSSR count). The van der Waals surface area contributed by atoms with Gasteiger partial charge in [0.25, 0.3) is 11.8 Å². The highest BCUT2D eigenvalue weighted by molar-refractivity contribution is 5.94. The van der Waals surface area contributed by atoms with E-state index in [1.807, 2.05) is 18.2 Å². The minimum Gasteiger partial charge on any atom is -0.393 e. The van der Waals surface area contributed by atoms with Crippen molar-refractivity contribution in [2.45, 2.75) is 131 Å². The third kappa shape index (κ3) is 7.46. The molecule has 5 aliphatic rings. The van der Waals surface area contributed by atoms with Crippen molar-refractivity contribution >= 4 is 17.7 Å². The van der Waals surface area contributed by atoms with Crippen molar-refractivity contribution in [1.82, 2.24) is 30.9 Å². The van der Waals surface area contributed by atoms with Gasteiger partial charge in [-0.15, -0.1) is 0 Å². The molecule has 1 aromatic carbocycles. The fourth-order valence-electron chi connectivity index (χ4n) is 14.7. The van der Waals surface area contributed by atoms with Gasteiger partial charge in [-0.05, 0) is 159 Å². The van der Waals surface area contributed by atoms with Gasteiger partial charge in [-0.25, -0.2) is 4.98 Å². The fourth-order valence-corrected chi connectivity index (χ4v) is 14.7. The molecule has 0 bridgehead atoms. The van der Waals surface area contributed by atoms with E-state index < -0.39 is 0 Å². The number of benzene rings is 1. The first-order valence-corrected chi connectivity index (χ1v) is 23.2. The number of allylic oxidation sites excluding steroid dienone is 1. The van der Waals surface area contributed by atoms with Crippen molar-refractivity contribution < 1.29 is 19.5 Å². The van der Waals surface area contributed by atoms with Crippen molar-refractivity contribution in [2.24, 2.45) is 56.7 Å². The summed E-state index contributed by atoms with van der Waals surface area (Å²) in [5.41, 5.74) is 4.98. The second-order valence-corrected chi connectivity index (χ2v) is 21.2. The lowest BCUT2D eigenvalue weighted by Crippen LogP contribution is -2.67. The van der Waals surface area contributed by atoms with Crippen LogP contribution in [0.2, 0.25) is 0 Å². The number of aromatic amines is 1. The number of fused-ring (bicyclic) bond motifs is 7. The predicted octanol–water partition coefficient (Wildman–Crippen LogP) is 8.38. The van der Waals surface area contributed by atoms with Crippen LogP contribution in [-0.2, 0) is 24.2 Å². The van der Waals surface area contributed by atoms with Gasteiger partial charge in [0.05, 0.1) is 35.6 Å². The quantitative estimate of drug-likeness (QED) is 0.116. The molecule has 2 aromatic heterocycles. The van der Waals surface area contributed by atoms with Gasteiger partial charge in [0.15, 0.2) is 0 Å². The zero-order valence-corrected chi connectivity index (χ0v) is 37.5. The maximum absolute atomic E-state index is 14.7. The first-order valence-electron chi connectivity index (χ1n) is 23.2. The summed E-state index contributed by atoms with van der Waals surface area (Å²) < 4.78 is 0. The number of rotatable bonds is 12. The molecule has 0 unspecified atom stereocenters. The molecule has 2 heterocycles. The zero-order valence-electron chi connectivity index (χ0n) is 37.5. The van der Waals surface area contributed by atoms with Crippen LogP contribution in [0.25, 0.3) is 0 Å². The van der Waals surface area contributed by atoms with Crippen LogP contribution in [-0.4, -0.2) is 57.0 Å². The second-order valence-electron chi connectivity index (χ2n) is 21.2. The molecule has 5 aliphatic carbocycles. The molecule has 61 heavy (non-hydrogen) atoms. The Balaban J connectivity index is 0.883. The summed E-state index contributed by atoms with van der Waals surface area (Å²) in [5, 5.41) is 20.4. The van der Waals surface area contributed by atoms with Gasteiger partial charge in [-0.3, -0.25) is 19.4 Å². The normalized spacial score (nSPS) is 34.8. The lowest BCUT2D eigenvalue weighted by atomic mass is 9.32. The minimum absolute atomic E-state index is 0.0631. The summed E-state index contributed by atoms with van der Waals surface area (Å²) in [6.45, 7) is 20.5. The van der Waals surface area contributed by atoms with Crippen LogP contribution in [0.5, 0.6) is 0 Å². The van der Waals surface area contributed by atoms with E-state index in [0.717, 1.165) is 49.8 Å². The summed E-state index contributed by atoms with van der Waals surface area (Å²) in [6.07, 6.45) is 16.7. The van der Waals surface area contributed by atoms with Gasteiger partial charge in [0.2, 0.25) is 5.91 Å². The van der Waals surface area contributed by atoms with E-state index in [1.54, 1.807) is 30.7 Å². The Kier molecular flexibility index (Phi) is 11.7. The van der Waals surface area contributed by atoms with Crippen molar-refractivity contribution in [1.29, 1.82) is 0 Å². The average Bonchev–Trinajstić information content (AvgIpc) is 3.91. The Bertz CT molecular complexity index is 2120. The largest absolute Gasteiger partial charge is 0.393 e. The van der Waals surface area contributed by atoms with Crippen LogP contribution >= 0.6 is 0 Å². The molecule has 3 aromatic rings. The molecule has 0 radical (unpaired) electrons. The van der Waals surface area contributed by atoms with E-state index in [4.69, 9.17) is 0 Å². The molecule has 3 amide bonds. The van der Waals surface area contributed by atoms with Gasteiger partial charge in [-0.1, -0.05) is 58.9 Å². The van der Waals surface area contributed by atoms with Crippen molar-refractivity contribution in [3.05, 3.63) is 95.3 Å². The number of imidazole rings is 1. The Morgan fingerprint density at radius 1 is 0.803 bits per heavy atom. The number of carbonyl (C=O) groups excluding carboxylic acids is 3. The SMILES string of the molecule is C=C(C)[C@@H]1CC[C@]2(C(=O)NCCc3cccc(C(=O)NCc4ccc(C(=O)NCCc5cnc[nH]5)cn4)c3)CC[C@]3(C)[C@H](CC[C@@H]4[C@@]5(C)CC[C@H](O)C(C)(C)[C@@H]5CC[C@]43C)[C@@H]12.